The van der Waals surface area contributed by atoms with Crippen LogP contribution in [0.5, 0.6) is 0 Å². The van der Waals surface area contributed by atoms with Gasteiger partial charge < -0.3 is 5.32 Å². The van der Waals surface area contributed by atoms with Gasteiger partial charge in [-0.3, -0.25) is 19.8 Å². The Balaban J connectivity index is 1.51. The third-order valence-electron chi connectivity index (χ3n) is 5.13. The number of hydrogen-bond acceptors (Lipinski definition) is 6. The second-order valence-electron chi connectivity index (χ2n) is 7.39. The van der Waals surface area contributed by atoms with Gasteiger partial charge in [-0.15, -0.1) is 10.2 Å². The minimum absolute atomic E-state index is 0.209. The van der Waals surface area contributed by atoms with E-state index >= 15 is 0 Å². The Labute approximate surface area is 166 Å². The topological polar surface area (TPSA) is 104 Å². The smallest absolute Gasteiger partial charge is 0.319 e. The van der Waals surface area contributed by atoms with Crippen LogP contribution in [-0.4, -0.2) is 39.5 Å². The molecule has 2 aromatic rings. The fourth-order valence-corrected chi connectivity index (χ4v) is 4.54. The first-order chi connectivity index (χ1) is 13.4. The molecule has 1 aliphatic carbocycles. The fraction of sp³-hybridized carbons (Fsp3) is 0.421. The van der Waals surface area contributed by atoms with Gasteiger partial charge in [0.25, 0.3) is 5.91 Å². The molecule has 9 heteroatoms. The number of amides is 4. The Kier molecular flexibility index (Phi) is 4.62. The molecule has 1 aromatic carbocycles. The maximum atomic E-state index is 13.2. The maximum Gasteiger partial charge on any atom is 0.325 e. The zero-order chi connectivity index (χ0) is 19.9. The first-order valence-corrected chi connectivity index (χ1v) is 10.1. The number of fused-ring (bicyclic) bond motifs is 2. The molecule has 2 aliphatic rings. The van der Waals surface area contributed by atoms with Crippen molar-refractivity contribution < 1.29 is 14.4 Å². The summed E-state index contributed by atoms with van der Waals surface area (Å²) in [4.78, 5) is 39.1. The normalized spacial score (nSPS) is 21.2. The fourth-order valence-electron chi connectivity index (χ4n) is 3.78. The van der Waals surface area contributed by atoms with Crippen molar-refractivity contribution in [1.82, 2.24) is 20.4 Å². The number of carbonyl (C=O) groups is 3. The molecule has 0 unspecified atom stereocenters. The predicted molar refractivity (Wildman–Crippen MR) is 104 cm³/mol. The Bertz CT molecular complexity index is 957. The van der Waals surface area contributed by atoms with Gasteiger partial charge in [0.15, 0.2) is 0 Å². The minimum atomic E-state index is -1.07. The van der Waals surface area contributed by atoms with Crippen LogP contribution in [-0.2, 0) is 21.5 Å². The van der Waals surface area contributed by atoms with Crippen molar-refractivity contribution >= 4 is 34.3 Å². The van der Waals surface area contributed by atoms with Gasteiger partial charge in [-0.2, -0.15) is 0 Å². The van der Waals surface area contributed by atoms with Crippen molar-refractivity contribution in [2.24, 2.45) is 0 Å². The molecule has 1 atom stereocenters. The van der Waals surface area contributed by atoms with Crippen LogP contribution in [0.1, 0.15) is 48.7 Å². The molecule has 2 N–H and O–H groups in total. The van der Waals surface area contributed by atoms with Gasteiger partial charge in [-0.05, 0) is 30.4 Å². The summed E-state index contributed by atoms with van der Waals surface area (Å²) in [5.41, 5.74) is 0.816. The van der Waals surface area contributed by atoms with Crippen LogP contribution < -0.4 is 10.6 Å². The second-order valence-corrected chi connectivity index (χ2v) is 8.39. The highest BCUT2D eigenvalue weighted by molar-refractivity contribution is 7.15. The van der Waals surface area contributed by atoms with E-state index in [-0.39, 0.29) is 18.4 Å². The van der Waals surface area contributed by atoms with Gasteiger partial charge >= 0.3 is 6.03 Å². The van der Waals surface area contributed by atoms with Crippen LogP contribution in [0, 0.1) is 0 Å². The lowest BCUT2D eigenvalue weighted by molar-refractivity contribution is -0.134. The monoisotopic (exact) mass is 399 g/mol. The molecular weight excluding hydrogens is 378 g/mol. The summed E-state index contributed by atoms with van der Waals surface area (Å²) in [6.07, 6.45) is 2.20. The molecule has 1 saturated heterocycles. The second kappa shape index (κ2) is 6.97. The molecular formula is C19H21N5O3S. The molecule has 1 spiro atoms. The van der Waals surface area contributed by atoms with Gasteiger partial charge in [-0.25, -0.2) is 4.79 Å². The van der Waals surface area contributed by atoms with Gasteiger partial charge in [0.05, 0.1) is 0 Å². The average molecular weight is 399 g/mol. The highest BCUT2D eigenvalue weighted by Gasteiger charge is 2.54. The summed E-state index contributed by atoms with van der Waals surface area (Å²) in [6.45, 7) is 3.62. The van der Waals surface area contributed by atoms with Gasteiger partial charge in [-0.1, -0.05) is 49.4 Å². The highest BCUT2D eigenvalue weighted by Crippen LogP contribution is 2.39. The molecule has 0 saturated carbocycles. The SMILES string of the molecule is CC(C)c1nnc(NC(=O)CN2C(=O)N[C@]3(CCCc4ccccc43)C2=O)s1. The van der Waals surface area contributed by atoms with Crippen LogP contribution in [0.4, 0.5) is 9.93 Å². The largest absolute Gasteiger partial charge is 0.325 e. The number of anilines is 1. The third kappa shape index (κ3) is 3.05. The molecule has 1 aliphatic heterocycles. The van der Waals surface area contributed by atoms with E-state index in [4.69, 9.17) is 0 Å². The highest BCUT2D eigenvalue weighted by atomic mass is 32.1. The summed E-state index contributed by atoms with van der Waals surface area (Å²) < 4.78 is 0. The van der Waals surface area contributed by atoms with Crippen LogP contribution >= 0.6 is 11.3 Å². The molecule has 1 aromatic heterocycles. The number of nitrogens with one attached hydrogen (secondary N) is 2. The maximum absolute atomic E-state index is 13.2. The lowest BCUT2D eigenvalue weighted by Gasteiger charge is -2.33. The number of rotatable bonds is 4. The molecule has 4 rings (SSSR count). The van der Waals surface area contributed by atoms with Crippen molar-refractivity contribution in [3.8, 4) is 0 Å². The third-order valence-corrected chi connectivity index (χ3v) is 6.27. The molecule has 4 amide bonds. The zero-order valence-electron chi connectivity index (χ0n) is 15.7. The standard InChI is InChI=1S/C19H21N5O3S/c1-11(2)15-22-23-17(28-15)20-14(25)10-24-16(26)19(21-18(24)27)9-5-7-12-6-3-4-8-13(12)19/h3-4,6,8,11H,5,7,9-10H2,1-2H3,(H,21,27)(H,20,23,25)/t19-/m0/s1. The first-order valence-electron chi connectivity index (χ1n) is 9.26. The minimum Gasteiger partial charge on any atom is -0.319 e. The van der Waals surface area contributed by atoms with Crippen molar-refractivity contribution in [3.63, 3.8) is 0 Å². The summed E-state index contributed by atoms with van der Waals surface area (Å²) in [5, 5.41) is 14.6. The number of carbonyl (C=O) groups excluding carboxylic acids is 3. The zero-order valence-corrected chi connectivity index (χ0v) is 16.5. The summed E-state index contributed by atoms with van der Waals surface area (Å²) >= 11 is 1.28. The number of imide groups is 1. The van der Waals surface area contributed by atoms with Crippen molar-refractivity contribution in [2.45, 2.75) is 44.6 Å². The first kappa shape index (κ1) is 18.5. The molecule has 0 radical (unpaired) electrons. The van der Waals surface area contributed by atoms with Gasteiger partial charge in [0.1, 0.15) is 17.1 Å². The van der Waals surface area contributed by atoms with Gasteiger partial charge in [0.2, 0.25) is 11.0 Å². The Morgan fingerprint density at radius 3 is 2.86 bits per heavy atom. The molecule has 146 valence electrons. The summed E-state index contributed by atoms with van der Waals surface area (Å²) in [7, 11) is 0. The summed E-state index contributed by atoms with van der Waals surface area (Å²) in [6, 6.07) is 7.11. The summed E-state index contributed by atoms with van der Waals surface area (Å²) in [5.74, 6) is -0.642. The Hall–Kier alpha value is -2.81. The number of nitrogens with zero attached hydrogens (tertiary/aromatic N) is 3. The van der Waals surface area contributed by atoms with E-state index in [1.807, 2.05) is 38.1 Å². The van der Waals surface area contributed by atoms with Crippen LogP contribution in [0.3, 0.4) is 0 Å². The van der Waals surface area contributed by atoms with E-state index < -0.39 is 17.5 Å². The molecule has 8 nitrogen and oxygen atoms in total. The number of aryl methyl sites for hydroxylation is 1. The van der Waals surface area contributed by atoms with Crippen LogP contribution in [0.25, 0.3) is 0 Å². The Morgan fingerprint density at radius 2 is 2.11 bits per heavy atom. The van der Waals surface area contributed by atoms with E-state index in [0.717, 1.165) is 33.9 Å². The number of urea groups is 1. The number of benzene rings is 1. The van der Waals surface area contributed by atoms with Gasteiger partial charge in [0, 0.05) is 5.92 Å². The van der Waals surface area contributed by atoms with E-state index in [2.05, 4.69) is 20.8 Å². The van der Waals surface area contributed by atoms with Crippen LogP contribution in [0.2, 0.25) is 0 Å². The number of aromatic nitrogens is 2. The van der Waals surface area contributed by atoms with E-state index in [0.29, 0.717) is 11.6 Å². The molecule has 2 heterocycles. The lowest BCUT2D eigenvalue weighted by atomic mass is 9.76. The van der Waals surface area contributed by atoms with Crippen molar-refractivity contribution in [2.75, 3.05) is 11.9 Å². The Morgan fingerprint density at radius 1 is 1.32 bits per heavy atom. The number of hydrogen-bond donors (Lipinski definition) is 2. The van der Waals surface area contributed by atoms with E-state index in [9.17, 15) is 14.4 Å². The van der Waals surface area contributed by atoms with Crippen molar-refractivity contribution in [1.29, 1.82) is 0 Å². The van der Waals surface area contributed by atoms with Crippen LogP contribution in [0.15, 0.2) is 24.3 Å². The quantitative estimate of drug-likeness (QED) is 0.768. The van der Waals surface area contributed by atoms with Crippen molar-refractivity contribution in [3.05, 3.63) is 40.4 Å². The van der Waals surface area contributed by atoms with E-state index in [1.165, 1.54) is 11.3 Å². The predicted octanol–water partition coefficient (Wildman–Crippen LogP) is 2.38. The molecule has 28 heavy (non-hydrogen) atoms. The lowest BCUT2D eigenvalue weighted by Crippen LogP contribution is -2.47. The molecule has 1 fully saturated rings. The van der Waals surface area contributed by atoms with E-state index in [1.54, 1.807) is 0 Å². The molecule has 0 bridgehead atoms. The average Bonchev–Trinajstić information content (AvgIpc) is 3.22.